The number of nitrogens with one attached hydrogen (secondary N) is 1. The van der Waals surface area contributed by atoms with Gasteiger partial charge in [0.05, 0.1) is 5.60 Å². The zero-order valence-electron chi connectivity index (χ0n) is 13.1. The summed E-state index contributed by atoms with van der Waals surface area (Å²) in [6.07, 6.45) is 8.34. The van der Waals surface area contributed by atoms with Crippen molar-refractivity contribution < 1.29 is 4.74 Å². The van der Waals surface area contributed by atoms with E-state index in [-0.39, 0.29) is 5.60 Å². The number of ether oxygens (including phenoxy) is 1. The van der Waals surface area contributed by atoms with Gasteiger partial charge in [0.1, 0.15) is 12.2 Å². The molecule has 114 valence electrons. The van der Waals surface area contributed by atoms with Crippen molar-refractivity contribution in [2.45, 2.75) is 70.6 Å². The van der Waals surface area contributed by atoms with Crippen LogP contribution in [0, 0.1) is 0 Å². The average molecular weight is 280 g/mol. The van der Waals surface area contributed by atoms with Crippen LogP contribution in [0.4, 0.5) is 0 Å². The molecule has 1 saturated carbocycles. The first-order chi connectivity index (χ1) is 9.75. The van der Waals surface area contributed by atoms with Crippen LogP contribution >= 0.6 is 0 Å². The Hall–Kier alpha value is -0.940. The second kappa shape index (κ2) is 7.18. The van der Waals surface area contributed by atoms with E-state index in [9.17, 15) is 0 Å². The van der Waals surface area contributed by atoms with Gasteiger partial charge in [-0.05, 0) is 38.6 Å². The van der Waals surface area contributed by atoms with Crippen molar-refractivity contribution in [3.63, 3.8) is 0 Å². The van der Waals surface area contributed by atoms with Crippen molar-refractivity contribution in [2.75, 3.05) is 13.7 Å². The van der Waals surface area contributed by atoms with Crippen LogP contribution in [0.25, 0.3) is 0 Å². The van der Waals surface area contributed by atoms with Crippen molar-refractivity contribution in [1.29, 1.82) is 0 Å². The molecule has 1 atom stereocenters. The summed E-state index contributed by atoms with van der Waals surface area (Å²) in [6.45, 7) is 6.33. The van der Waals surface area contributed by atoms with Crippen molar-refractivity contribution in [1.82, 2.24) is 20.1 Å². The lowest BCUT2D eigenvalue weighted by Gasteiger charge is -2.46. The molecular formula is C15H28N4O. The number of hydrogen-bond acceptors (Lipinski definition) is 4. The highest BCUT2D eigenvalue weighted by Gasteiger charge is 2.44. The highest BCUT2D eigenvalue weighted by Crippen LogP contribution is 2.39. The lowest BCUT2D eigenvalue weighted by molar-refractivity contribution is -0.0985. The summed E-state index contributed by atoms with van der Waals surface area (Å²) in [5.74, 6) is 1.07. The van der Waals surface area contributed by atoms with Crippen LogP contribution in [0.5, 0.6) is 0 Å². The summed E-state index contributed by atoms with van der Waals surface area (Å²) < 4.78 is 7.89. The van der Waals surface area contributed by atoms with Gasteiger partial charge in [-0.15, -0.1) is 0 Å². The van der Waals surface area contributed by atoms with Gasteiger partial charge in [-0.3, -0.25) is 4.68 Å². The topological polar surface area (TPSA) is 52.0 Å². The second-order valence-corrected chi connectivity index (χ2v) is 5.73. The number of aromatic nitrogens is 3. The maximum atomic E-state index is 5.86. The molecule has 0 saturated heterocycles. The Balaban J connectivity index is 2.08. The first-order valence-electron chi connectivity index (χ1n) is 7.91. The standard InChI is InChI=1S/C15H28N4O/c1-4-9-16-13(15(20-3)7-6-8-15)11-14-17-12-18-19(14)10-5-2/h12-13,16H,4-11H2,1-3H3. The third-order valence-corrected chi connectivity index (χ3v) is 4.40. The van der Waals surface area contributed by atoms with Gasteiger partial charge in [-0.2, -0.15) is 5.10 Å². The molecule has 5 nitrogen and oxygen atoms in total. The lowest BCUT2D eigenvalue weighted by Crippen LogP contribution is -2.57. The Morgan fingerprint density at radius 1 is 1.40 bits per heavy atom. The molecule has 0 amide bonds. The number of nitrogens with zero attached hydrogens (tertiary/aromatic N) is 3. The predicted molar refractivity (Wildman–Crippen MR) is 79.7 cm³/mol. The van der Waals surface area contributed by atoms with E-state index >= 15 is 0 Å². The SMILES string of the molecule is CCCNC(Cc1ncnn1CCC)C1(OC)CCC1. The number of methoxy groups -OCH3 is 1. The summed E-state index contributed by atoms with van der Waals surface area (Å²) in [5, 5.41) is 7.99. The lowest BCUT2D eigenvalue weighted by atomic mass is 9.73. The highest BCUT2D eigenvalue weighted by molar-refractivity contribution is 5.04. The highest BCUT2D eigenvalue weighted by atomic mass is 16.5. The van der Waals surface area contributed by atoms with Crippen LogP contribution in [-0.2, 0) is 17.7 Å². The van der Waals surface area contributed by atoms with E-state index in [1.165, 1.54) is 6.42 Å². The molecule has 0 spiro atoms. The van der Waals surface area contributed by atoms with Crippen molar-refractivity contribution >= 4 is 0 Å². The van der Waals surface area contributed by atoms with Crippen molar-refractivity contribution in [2.24, 2.45) is 0 Å². The monoisotopic (exact) mass is 280 g/mol. The maximum absolute atomic E-state index is 5.86. The van der Waals surface area contributed by atoms with E-state index in [1.807, 2.05) is 11.8 Å². The van der Waals surface area contributed by atoms with Crippen LogP contribution in [0.2, 0.25) is 0 Å². The Morgan fingerprint density at radius 2 is 2.20 bits per heavy atom. The third kappa shape index (κ3) is 3.20. The van der Waals surface area contributed by atoms with Crippen LogP contribution < -0.4 is 5.32 Å². The third-order valence-electron chi connectivity index (χ3n) is 4.40. The van der Waals surface area contributed by atoms with Crippen LogP contribution in [-0.4, -0.2) is 40.1 Å². The van der Waals surface area contributed by atoms with Gasteiger partial charge in [0.2, 0.25) is 0 Å². The molecule has 1 fully saturated rings. The zero-order valence-corrected chi connectivity index (χ0v) is 13.1. The smallest absolute Gasteiger partial charge is 0.138 e. The summed E-state index contributed by atoms with van der Waals surface area (Å²) in [4.78, 5) is 4.45. The largest absolute Gasteiger partial charge is 0.377 e. The van der Waals surface area contributed by atoms with Gasteiger partial charge in [0, 0.05) is 26.1 Å². The molecule has 5 heteroatoms. The summed E-state index contributed by atoms with van der Waals surface area (Å²) >= 11 is 0. The number of rotatable bonds is 9. The van der Waals surface area contributed by atoms with Crippen LogP contribution in [0.15, 0.2) is 6.33 Å². The fraction of sp³-hybridized carbons (Fsp3) is 0.867. The normalized spacial score (nSPS) is 18.8. The van der Waals surface area contributed by atoms with E-state index in [0.717, 1.165) is 51.0 Å². The van der Waals surface area contributed by atoms with E-state index in [4.69, 9.17) is 4.74 Å². The molecule has 0 bridgehead atoms. The molecule has 1 aromatic rings. The Kier molecular flexibility index (Phi) is 5.54. The Morgan fingerprint density at radius 3 is 2.75 bits per heavy atom. The second-order valence-electron chi connectivity index (χ2n) is 5.73. The minimum Gasteiger partial charge on any atom is -0.377 e. The molecule has 0 radical (unpaired) electrons. The average Bonchev–Trinajstić information content (AvgIpc) is 2.83. The van der Waals surface area contributed by atoms with E-state index in [1.54, 1.807) is 6.33 Å². The molecule has 1 aliphatic rings. The van der Waals surface area contributed by atoms with E-state index in [2.05, 4.69) is 29.2 Å². The molecule has 1 N–H and O–H groups in total. The molecule has 1 unspecified atom stereocenters. The van der Waals surface area contributed by atoms with Crippen LogP contribution in [0.1, 0.15) is 51.8 Å². The van der Waals surface area contributed by atoms with Crippen LogP contribution in [0.3, 0.4) is 0 Å². The fourth-order valence-corrected chi connectivity index (χ4v) is 3.01. The minimum atomic E-state index is -0.00182. The molecular weight excluding hydrogens is 252 g/mol. The molecule has 0 aliphatic heterocycles. The quantitative estimate of drug-likeness (QED) is 0.753. The molecule has 1 heterocycles. The first-order valence-corrected chi connectivity index (χ1v) is 7.91. The van der Waals surface area contributed by atoms with E-state index < -0.39 is 0 Å². The molecule has 20 heavy (non-hydrogen) atoms. The minimum absolute atomic E-state index is 0.00182. The van der Waals surface area contributed by atoms with Crippen molar-refractivity contribution in [3.8, 4) is 0 Å². The predicted octanol–water partition coefficient (Wildman–Crippen LogP) is 2.17. The van der Waals surface area contributed by atoms with Gasteiger partial charge >= 0.3 is 0 Å². The zero-order chi connectivity index (χ0) is 14.4. The summed E-state index contributed by atoms with van der Waals surface area (Å²) in [7, 11) is 1.84. The first kappa shape index (κ1) is 15.4. The fourth-order valence-electron chi connectivity index (χ4n) is 3.01. The summed E-state index contributed by atoms with van der Waals surface area (Å²) in [6, 6.07) is 0.334. The van der Waals surface area contributed by atoms with Crippen molar-refractivity contribution in [3.05, 3.63) is 12.2 Å². The van der Waals surface area contributed by atoms with E-state index in [0.29, 0.717) is 6.04 Å². The molecule has 2 rings (SSSR count). The van der Waals surface area contributed by atoms with Gasteiger partial charge in [0.15, 0.2) is 0 Å². The molecule has 1 aromatic heterocycles. The summed E-state index contributed by atoms with van der Waals surface area (Å²) in [5.41, 5.74) is -0.00182. The van der Waals surface area contributed by atoms with Gasteiger partial charge in [-0.1, -0.05) is 13.8 Å². The van der Waals surface area contributed by atoms with Gasteiger partial charge in [0.25, 0.3) is 0 Å². The Bertz CT molecular complexity index is 395. The molecule has 0 aromatic carbocycles. The van der Waals surface area contributed by atoms with Gasteiger partial charge in [-0.25, -0.2) is 4.98 Å². The van der Waals surface area contributed by atoms with Gasteiger partial charge < -0.3 is 10.1 Å². The Labute approximate surface area is 122 Å². The maximum Gasteiger partial charge on any atom is 0.138 e. The molecule has 1 aliphatic carbocycles. The number of hydrogen-bond donors (Lipinski definition) is 1. The number of aryl methyl sites for hydroxylation is 1.